The predicted molar refractivity (Wildman–Crippen MR) is 86.7 cm³/mol. The number of hydrogen-bond donors (Lipinski definition) is 1. The summed E-state index contributed by atoms with van der Waals surface area (Å²) in [6.07, 6.45) is 3.17. The summed E-state index contributed by atoms with van der Waals surface area (Å²) in [7, 11) is 0. The molecule has 2 heterocycles. The quantitative estimate of drug-likeness (QED) is 0.827. The maximum atomic E-state index is 14.0. The van der Waals surface area contributed by atoms with E-state index in [4.69, 9.17) is 9.47 Å². The van der Waals surface area contributed by atoms with Gasteiger partial charge in [-0.2, -0.15) is 0 Å². The zero-order valence-corrected chi connectivity index (χ0v) is 13.5. The topological polar surface area (TPSA) is 56.3 Å². The molecule has 6 heteroatoms. The molecule has 3 rings (SSSR count). The van der Waals surface area contributed by atoms with E-state index in [1.165, 1.54) is 12.4 Å². The van der Waals surface area contributed by atoms with Gasteiger partial charge in [0, 0.05) is 12.0 Å². The lowest BCUT2D eigenvalue weighted by Gasteiger charge is -2.29. The van der Waals surface area contributed by atoms with Crippen LogP contribution in [0.2, 0.25) is 0 Å². The van der Waals surface area contributed by atoms with Crippen molar-refractivity contribution in [3.8, 4) is 0 Å². The van der Waals surface area contributed by atoms with Crippen LogP contribution < -0.4 is 5.32 Å². The third-order valence-corrected chi connectivity index (χ3v) is 4.16. The van der Waals surface area contributed by atoms with Crippen molar-refractivity contribution in [3.63, 3.8) is 0 Å². The van der Waals surface area contributed by atoms with E-state index in [0.717, 1.165) is 12.8 Å². The first kappa shape index (κ1) is 16.1. The molecule has 1 aromatic carbocycles. The lowest BCUT2D eigenvalue weighted by Crippen LogP contribution is -2.30. The van der Waals surface area contributed by atoms with Gasteiger partial charge in [-0.15, -0.1) is 0 Å². The molecule has 1 saturated heterocycles. The van der Waals surface area contributed by atoms with Crippen molar-refractivity contribution in [2.24, 2.45) is 5.41 Å². The van der Waals surface area contributed by atoms with E-state index in [0.29, 0.717) is 36.5 Å². The molecule has 124 valence electrons. The van der Waals surface area contributed by atoms with E-state index in [1.54, 1.807) is 12.1 Å². The van der Waals surface area contributed by atoms with E-state index in [-0.39, 0.29) is 17.5 Å². The third-order valence-electron chi connectivity index (χ3n) is 4.16. The van der Waals surface area contributed by atoms with Crippen LogP contribution in [0, 0.1) is 11.2 Å². The Labute approximate surface area is 135 Å². The average Bonchev–Trinajstić information content (AvgIpc) is 3.07. The van der Waals surface area contributed by atoms with Crippen LogP contribution in [0.25, 0.3) is 10.9 Å². The maximum absolute atomic E-state index is 14.0. The standard InChI is InChI=1S/C17H22FN3O2/c1-17(2,16-22-9-10-23-16)7-4-8-19-15-14-12(18)5-3-6-13(14)20-11-21-15/h3,5-6,11,16H,4,7-10H2,1-2H3,(H,19,20,21). The van der Waals surface area contributed by atoms with Gasteiger partial charge in [-0.3, -0.25) is 0 Å². The number of nitrogens with one attached hydrogen (secondary N) is 1. The van der Waals surface area contributed by atoms with Crippen LogP contribution in [0.3, 0.4) is 0 Å². The molecule has 0 bridgehead atoms. The Kier molecular flexibility index (Phi) is 4.73. The highest BCUT2D eigenvalue weighted by atomic mass is 19.1. The lowest BCUT2D eigenvalue weighted by molar-refractivity contribution is -0.122. The number of halogens is 1. The molecule has 0 atom stereocenters. The first-order valence-corrected chi connectivity index (χ1v) is 7.94. The van der Waals surface area contributed by atoms with Crippen LogP contribution in [0.4, 0.5) is 10.2 Å². The van der Waals surface area contributed by atoms with E-state index in [9.17, 15) is 4.39 Å². The van der Waals surface area contributed by atoms with Crippen LogP contribution in [0.15, 0.2) is 24.5 Å². The Hall–Kier alpha value is -1.79. The Bertz CT molecular complexity index is 667. The molecule has 1 N–H and O–H groups in total. The maximum Gasteiger partial charge on any atom is 0.162 e. The zero-order chi connectivity index (χ0) is 16.3. The van der Waals surface area contributed by atoms with Crippen molar-refractivity contribution < 1.29 is 13.9 Å². The highest BCUT2D eigenvalue weighted by Gasteiger charge is 2.33. The van der Waals surface area contributed by atoms with Gasteiger partial charge < -0.3 is 14.8 Å². The molecule has 1 aliphatic rings. The second kappa shape index (κ2) is 6.76. The molecule has 1 fully saturated rings. The van der Waals surface area contributed by atoms with Gasteiger partial charge in [-0.25, -0.2) is 14.4 Å². The number of anilines is 1. The van der Waals surface area contributed by atoms with Gasteiger partial charge in [-0.1, -0.05) is 19.9 Å². The summed E-state index contributed by atoms with van der Waals surface area (Å²) in [6, 6.07) is 4.86. The molecule has 23 heavy (non-hydrogen) atoms. The number of fused-ring (bicyclic) bond motifs is 1. The fourth-order valence-electron chi connectivity index (χ4n) is 2.88. The highest BCUT2D eigenvalue weighted by molar-refractivity contribution is 5.89. The second-order valence-electron chi connectivity index (χ2n) is 6.45. The monoisotopic (exact) mass is 319 g/mol. The van der Waals surface area contributed by atoms with Crippen molar-refractivity contribution in [1.82, 2.24) is 9.97 Å². The van der Waals surface area contributed by atoms with Crippen LogP contribution in [0.1, 0.15) is 26.7 Å². The van der Waals surface area contributed by atoms with Crippen molar-refractivity contribution >= 4 is 16.7 Å². The second-order valence-corrected chi connectivity index (χ2v) is 6.45. The molecular formula is C17H22FN3O2. The molecule has 0 spiro atoms. The summed E-state index contributed by atoms with van der Waals surface area (Å²) >= 11 is 0. The van der Waals surface area contributed by atoms with Crippen LogP contribution in [-0.2, 0) is 9.47 Å². The number of ether oxygens (including phenoxy) is 2. The summed E-state index contributed by atoms with van der Waals surface area (Å²) in [5.41, 5.74) is 0.563. The first-order chi connectivity index (χ1) is 11.1. The van der Waals surface area contributed by atoms with Crippen molar-refractivity contribution in [1.29, 1.82) is 0 Å². The van der Waals surface area contributed by atoms with E-state index >= 15 is 0 Å². The Morgan fingerprint density at radius 3 is 2.83 bits per heavy atom. The van der Waals surface area contributed by atoms with Gasteiger partial charge in [0.15, 0.2) is 6.29 Å². The molecule has 5 nitrogen and oxygen atoms in total. The van der Waals surface area contributed by atoms with Gasteiger partial charge in [0.25, 0.3) is 0 Å². The Balaban J connectivity index is 1.59. The van der Waals surface area contributed by atoms with E-state index in [2.05, 4.69) is 29.1 Å². The number of nitrogens with zero attached hydrogens (tertiary/aromatic N) is 2. The first-order valence-electron chi connectivity index (χ1n) is 7.94. The zero-order valence-electron chi connectivity index (χ0n) is 13.5. The number of rotatable bonds is 6. The summed E-state index contributed by atoms with van der Waals surface area (Å²) in [6.45, 7) is 6.32. The molecule has 0 aliphatic carbocycles. The van der Waals surface area contributed by atoms with E-state index < -0.39 is 0 Å². The minimum atomic E-state index is -0.307. The van der Waals surface area contributed by atoms with Crippen LogP contribution >= 0.6 is 0 Å². The van der Waals surface area contributed by atoms with E-state index in [1.807, 2.05) is 0 Å². The summed E-state index contributed by atoms with van der Waals surface area (Å²) in [5, 5.41) is 3.66. The molecule has 0 unspecified atom stereocenters. The third kappa shape index (κ3) is 3.59. The minimum Gasteiger partial charge on any atom is -0.369 e. The number of aromatic nitrogens is 2. The number of hydrogen-bond acceptors (Lipinski definition) is 5. The molecular weight excluding hydrogens is 297 g/mol. The largest absolute Gasteiger partial charge is 0.369 e. The molecule has 1 aliphatic heterocycles. The SMILES string of the molecule is CC(C)(CCCNc1ncnc2cccc(F)c12)C1OCCO1. The van der Waals surface area contributed by atoms with Crippen molar-refractivity contribution in [3.05, 3.63) is 30.3 Å². The van der Waals surface area contributed by atoms with Gasteiger partial charge in [-0.05, 0) is 25.0 Å². The summed E-state index contributed by atoms with van der Waals surface area (Å²) in [4.78, 5) is 8.27. The summed E-state index contributed by atoms with van der Waals surface area (Å²) < 4.78 is 25.2. The van der Waals surface area contributed by atoms with Crippen molar-refractivity contribution in [2.75, 3.05) is 25.1 Å². The summed E-state index contributed by atoms with van der Waals surface area (Å²) in [5.74, 6) is 0.234. The smallest absolute Gasteiger partial charge is 0.162 e. The molecule has 0 radical (unpaired) electrons. The van der Waals surface area contributed by atoms with Gasteiger partial charge >= 0.3 is 0 Å². The lowest BCUT2D eigenvalue weighted by atomic mass is 9.87. The van der Waals surface area contributed by atoms with Gasteiger partial charge in [0.2, 0.25) is 0 Å². The number of benzene rings is 1. The molecule has 2 aromatic rings. The van der Waals surface area contributed by atoms with Gasteiger partial charge in [0.05, 0.1) is 24.1 Å². The minimum absolute atomic E-state index is 0.0445. The van der Waals surface area contributed by atoms with Crippen LogP contribution in [-0.4, -0.2) is 36.0 Å². The Morgan fingerprint density at radius 1 is 1.26 bits per heavy atom. The Morgan fingerprint density at radius 2 is 2.04 bits per heavy atom. The molecule has 1 aromatic heterocycles. The fourth-order valence-corrected chi connectivity index (χ4v) is 2.88. The highest BCUT2D eigenvalue weighted by Crippen LogP contribution is 2.32. The van der Waals surface area contributed by atoms with Crippen molar-refractivity contribution in [2.45, 2.75) is 33.0 Å². The normalized spacial score (nSPS) is 16.1. The molecule has 0 saturated carbocycles. The predicted octanol–water partition coefficient (Wildman–Crippen LogP) is 3.36. The van der Waals surface area contributed by atoms with Crippen LogP contribution in [0.5, 0.6) is 0 Å². The molecule has 0 amide bonds. The average molecular weight is 319 g/mol. The fraction of sp³-hybridized carbons (Fsp3) is 0.529. The van der Waals surface area contributed by atoms with Gasteiger partial charge in [0.1, 0.15) is 18.0 Å².